The Morgan fingerprint density at radius 2 is 1.56 bits per heavy atom. The standard InChI is InChI=1S/C24H44O/c1-15(2)11-21-20(16(3)4)12-18-13-24(5,6)14-22(18)23(21)17-7-9-19(25)10-8-17/h15-23,25H,7-14H2,1-6H3. The molecule has 25 heavy (non-hydrogen) atoms. The van der Waals surface area contributed by atoms with Gasteiger partial charge in [0.05, 0.1) is 6.10 Å². The van der Waals surface area contributed by atoms with E-state index >= 15 is 0 Å². The Kier molecular flexibility index (Phi) is 5.94. The van der Waals surface area contributed by atoms with E-state index < -0.39 is 0 Å². The van der Waals surface area contributed by atoms with Crippen LogP contribution >= 0.6 is 0 Å². The lowest BCUT2D eigenvalue weighted by Crippen LogP contribution is -2.45. The maximum absolute atomic E-state index is 10.0. The van der Waals surface area contributed by atoms with Gasteiger partial charge in [0.25, 0.3) is 0 Å². The molecular weight excluding hydrogens is 304 g/mol. The highest BCUT2D eigenvalue weighted by Crippen LogP contribution is 2.61. The normalized spacial score (nSPS) is 44.3. The van der Waals surface area contributed by atoms with Crippen LogP contribution in [-0.2, 0) is 0 Å². The van der Waals surface area contributed by atoms with Crippen LogP contribution in [0.4, 0.5) is 0 Å². The van der Waals surface area contributed by atoms with E-state index in [2.05, 4.69) is 41.5 Å². The molecule has 3 aliphatic rings. The van der Waals surface area contributed by atoms with Crippen molar-refractivity contribution < 1.29 is 5.11 Å². The molecule has 0 amide bonds. The predicted molar refractivity (Wildman–Crippen MR) is 107 cm³/mol. The summed E-state index contributed by atoms with van der Waals surface area (Å²) in [5, 5.41) is 10.0. The summed E-state index contributed by atoms with van der Waals surface area (Å²) in [7, 11) is 0. The molecule has 0 radical (unpaired) electrons. The van der Waals surface area contributed by atoms with E-state index in [0.717, 1.165) is 60.2 Å². The molecule has 3 saturated carbocycles. The SMILES string of the molecule is CC(C)CC1C(C(C)C)CC2CC(C)(C)CC2C1C1CCC(O)CC1. The first kappa shape index (κ1) is 19.7. The van der Waals surface area contributed by atoms with Crippen LogP contribution in [0.15, 0.2) is 0 Å². The van der Waals surface area contributed by atoms with Crippen LogP contribution in [-0.4, -0.2) is 11.2 Å². The topological polar surface area (TPSA) is 20.2 Å². The number of aliphatic hydroxyl groups excluding tert-OH is 1. The molecule has 0 heterocycles. The van der Waals surface area contributed by atoms with Crippen LogP contribution in [0.3, 0.4) is 0 Å². The number of fused-ring (bicyclic) bond motifs is 1. The molecule has 3 fully saturated rings. The van der Waals surface area contributed by atoms with Gasteiger partial charge in [0, 0.05) is 0 Å². The zero-order valence-electron chi connectivity index (χ0n) is 17.8. The Bertz CT molecular complexity index is 429. The van der Waals surface area contributed by atoms with Gasteiger partial charge < -0.3 is 5.11 Å². The van der Waals surface area contributed by atoms with Gasteiger partial charge in [-0.2, -0.15) is 0 Å². The molecule has 1 heteroatoms. The summed E-state index contributed by atoms with van der Waals surface area (Å²) < 4.78 is 0. The molecule has 5 atom stereocenters. The lowest BCUT2D eigenvalue weighted by Gasteiger charge is -2.51. The van der Waals surface area contributed by atoms with Crippen LogP contribution in [0.1, 0.15) is 92.9 Å². The van der Waals surface area contributed by atoms with Crippen molar-refractivity contribution in [3.8, 4) is 0 Å². The van der Waals surface area contributed by atoms with E-state index in [9.17, 15) is 5.11 Å². The third-order valence-corrected chi connectivity index (χ3v) is 8.21. The second-order valence-electron chi connectivity index (χ2n) is 11.6. The molecule has 146 valence electrons. The quantitative estimate of drug-likeness (QED) is 0.611. The summed E-state index contributed by atoms with van der Waals surface area (Å²) in [6.45, 7) is 14.9. The van der Waals surface area contributed by atoms with Crippen LogP contribution in [0, 0.1) is 52.8 Å². The Hall–Kier alpha value is -0.0400. The van der Waals surface area contributed by atoms with E-state index in [1.165, 1.54) is 38.5 Å². The van der Waals surface area contributed by atoms with Gasteiger partial charge in [0.1, 0.15) is 0 Å². The molecule has 0 aromatic rings. The summed E-state index contributed by atoms with van der Waals surface area (Å²) in [5.74, 6) is 7.25. The van der Waals surface area contributed by atoms with Gasteiger partial charge in [-0.1, -0.05) is 41.5 Å². The number of rotatable bonds is 4. The molecule has 3 aliphatic carbocycles. The summed E-state index contributed by atoms with van der Waals surface area (Å²) in [6.07, 6.45) is 10.5. The Morgan fingerprint density at radius 3 is 2.12 bits per heavy atom. The van der Waals surface area contributed by atoms with Crippen molar-refractivity contribution in [1.82, 2.24) is 0 Å². The molecule has 0 aromatic carbocycles. The maximum atomic E-state index is 10.0. The minimum atomic E-state index is -0.0138. The average Bonchev–Trinajstić information content (AvgIpc) is 2.81. The first-order valence-electron chi connectivity index (χ1n) is 11.4. The second-order valence-corrected chi connectivity index (χ2v) is 11.6. The van der Waals surface area contributed by atoms with Crippen molar-refractivity contribution in [2.24, 2.45) is 52.8 Å². The number of aliphatic hydroxyl groups is 1. The van der Waals surface area contributed by atoms with Gasteiger partial charge in [0.2, 0.25) is 0 Å². The molecule has 0 aliphatic heterocycles. The summed E-state index contributed by atoms with van der Waals surface area (Å²) in [5.41, 5.74) is 0.552. The first-order valence-corrected chi connectivity index (χ1v) is 11.4. The van der Waals surface area contributed by atoms with Crippen molar-refractivity contribution >= 4 is 0 Å². The molecular formula is C24H44O. The van der Waals surface area contributed by atoms with Crippen molar-refractivity contribution in [2.45, 2.75) is 99.0 Å². The fourth-order valence-corrected chi connectivity index (χ4v) is 7.41. The summed E-state index contributed by atoms with van der Waals surface area (Å²) in [4.78, 5) is 0. The lowest BCUT2D eigenvalue weighted by atomic mass is 9.54. The summed E-state index contributed by atoms with van der Waals surface area (Å²) in [6, 6.07) is 0. The molecule has 1 nitrogen and oxygen atoms in total. The van der Waals surface area contributed by atoms with Gasteiger partial charge in [-0.15, -0.1) is 0 Å². The predicted octanol–water partition coefficient (Wildman–Crippen LogP) is 6.54. The van der Waals surface area contributed by atoms with Crippen LogP contribution in [0.2, 0.25) is 0 Å². The highest BCUT2D eigenvalue weighted by Gasteiger charge is 2.53. The minimum absolute atomic E-state index is 0.0138. The molecule has 0 saturated heterocycles. The highest BCUT2D eigenvalue weighted by molar-refractivity contribution is 5.02. The molecule has 3 rings (SSSR count). The van der Waals surface area contributed by atoms with E-state index in [1.807, 2.05) is 0 Å². The molecule has 1 N–H and O–H groups in total. The second kappa shape index (κ2) is 7.53. The zero-order chi connectivity index (χ0) is 18.4. The number of hydrogen-bond acceptors (Lipinski definition) is 1. The lowest BCUT2D eigenvalue weighted by molar-refractivity contribution is -0.0354. The Morgan fingerprint density at radius 1 is 0.920 bits per heavy atom. The average molecular weight is 349 g/mol. The van der Waals surface area contributed by atoms with E-state index in [4.69, 9.17) is 0 Å². The van der Waals surface area contributed by atoms with Gasteiger partial charge in [-0.25, -0.2) is 0 Å². The fourth-order valence-electron chi connectivity index (χ4n) is 7.41. The van der Waals surface area contributed by atoms with Crippen molar-refractivity contribution in [3.63, 3.8) is 0 Å². The maximum Gasteiger partial charge on any atom is 0.0540 e. The van der Waals surface area contributed by atoms with Crippen molar-refractivity contribution in [3.05, 3.63) is 0 Å². The van der Waals surface area contributed by atoms with Gasteiger partial charge >= 0.3 is 0 Å². The monoisotopic (exact) mass is 348 g/mol. The molecule has 5 unspecified atom stereocenters. The largest absolute Gasteiger partial charge is 0.393 e. The number of hydrogen-bond donors (Lipinski definition) is 1. The molecule has 0 spiro atoms. The first-order chi connectivity index (χ1) is 11.7. The Labute approximate surface area is 157 Å². The van der Waals surface area contributed by atoms with Crippen LogP contribution in [0.5, 0.6) is 0 Å². The zero-order valence-corrected chi connectivity index (χ0v) is 17.8. The minimum Gasteiger partial charge on any atom is -0.393 e. The smallest absolute Gasteiger partial charge is 0.0540 e. The third-order valence-electron chi connectivity index (χ3n) is 8.21. The van der Waals surface area contributed by atoms with Crippen molar-refractivity contribution in [2.75, 3.05) is 0 Å². The van der Waals surface area contributed by atoms with Gasteiger partial charge in [-0.05, 0) is 104 Å². The fraction of sp³-hybridized carbons (Fsp3) is 1.00. The van der Waals surface area contributed by atoms with Crippen LogP contribution in [0.25, 0.3) is 0 Å². The van der Waals surface area contributed by atoms with Gasteiger partial charge in [-0.3, -0.25) is 0 Å². The van der Waals surface area contributed by atoms with Crippen molar-refractivity contribution in [1.29, 1.82) is 0 Å². The third kappa shape index (κ3) is 4.28. The Balaban J connectivity index is 1.90. The highest BCUT2D eigenvalue weighted by atomic mass is 16.3. The van der Waals surface area contributed by atoms with Gasteiger partial charge in [0.15, 0.2) is 0 Å². The van der Waals surface area contributed by atoms with Crippen LogP contribution < -0.4 is 0 Å². The van der Waals surface area contributed by atoms with E-state index in [1.54, 1.807) is 0 Å². The molecule has 0 bridgehead atoms. The van der Waals surface area contributed by atoms with E-state index in [0.29, 0.717) is 5.41 Å². The van der Waals surface area contributed by atoms with E-state index in [-0.39, 0.29) is 6.10 Å². The molecule has 0 aromatic heterocycles. The summed E-state index contributed by atoms with van der Waals surface area (Å²) >= 11 is 0.